The smallest absolute Gasteiger partial charge is 0.338 e. The number of aromatic nitrogens is 1. The summed E-state index contributed by atoms with van der Waals surface area (Å²) in [6.07, 6.45) is 0. The van der Waals surface area contributed by atoms with E-state index in [-0.39, 0.29) is 23.4 Å². The lowest BCUT2D eigenvalue weighted by atomic mass is 10.00. The van der Waals surface area contributed by atoms with Crippen LogP contribution in [-0.2, 0) is 18.4 Å². The molecular formula is C24H19NO4. The zero-order valence-corrected chi connectivity index (χ0v) is 16.1. The average Bonchev–Trinajstić information content (AvgIpc) is 2.75. The molecule has 0 aliphatic rings. The number of pyridine rings is 1. The third-order valence-electron chi connectivity index (χ3n) is 5.03. The Hall–Kier alpha value is -3.73. The van der Waals surface area contributed by atoms with E-state index in [1.165, 1.54) is 19.1 Å². The van der Waals surface area contributed by atoms with Crippen molar-refractivity contribution in [3.05, 3.63) is 93.6 Å². The predicted octanol–water partition coefficient (Wildman–Crippen LogP) is 4.25. The first-order chi connectivity index (χ1) is 14.0. The third-order valence-corrected chi connectivity index (χ3v) is 5.03. The van der Waals surface area contributed by atoms with Crippen LogP contribution in [0.1, 0.15) is 33.2 Å². The van der Waals surface area contributed by atoms with E-state index in [1.807, 2.05) is 54.1 Å². The Balaban J connectivity index is 1.87. The van der Waals surface area contributed by atoms with Gasteiger partial charge in [-0.15, -0.1) is 0 Å². The fraction of sp³-hybridized carbons (Fsp3) is 0.125. The summed E-state index contributed by atoms with van der Waals surface area (Å²) in [7, 11) is 1.81. The van der Waals surface area contributed by atoms with Crippen LogP contribution in [0, 0.1) is 0 Å². The quantitative estimate of drug-likeness (QED) is 0.299. The molecule has 3 aromatic carbocycles. The van der Waals surface area contributed by atoms with E-state index in [9.17, 15) is 14.4 Å². The molecule has 0 spiro atoms. The molecule has 5 heteroatoms. The molecule has 0 radical (unpaired) electrons. The van der Waals surface area contributed by atoms with E-state index >= 15 is 0 Å². The van der Waals surface area contributed by atoms with Gasteiger partial charge in [0, 0.05) is 23.4 Å². The number of para-hydroxylation sites is 1. The SMILES string of the molecule is CC(=O)c1cc(C(=O)OCc2ccccc2)cc2c(=O)c3ccccc3n(C)c12. The molecule has 0 fully saturated rings. The van der Waals surface area contributed by atoms with Gasteiger partial charge in [-0.25, -0.2) is 4.79 Å². The fourth-order valence-corrected chi connectivity index (χ4v) is 3.59. The molecule has 0 saturated carbocycles. The predicted molar refractivity (Wildman–Crippen MR) is 112 cm³/mol. The summed E-state index contributed by atoms with van der Waals surface area (Å²) in [5, 5.41) is 0.859. The van der Waals surface area contributed by atoms with Crippen LogP contribution in [-0.4, -0.2) is 16.3 Å². The largest absolute Gasteiger partial charge is 0.457 e. The lowest BCUT2D eigenvalue weighted by Gasteiger charge is -2.14. The number of esters is 1. The number of ether oxygens (including phenoxy) is 1. The first-order valence-electron chi connectivity index (χ1n) is 9.25. The maximum atomic E-state index is 13.1. The van der Waals surface area contributed by atoms with Crippen LogP contribution < -0.4 is 5.43 Å². The second-order valence-electron chi connectivity index (χ2n) is 6.94. The van der Waals surface area contributed by atoms with Crippen LogP contribution in [0.5, 0.6) is 0 Å². The van der Waals surface area contributed by atoms with Gasteiger partial charge in [-0.05, 0) is 36.8 Å². The molecule has 0 amide bonds. The minimum absolute atomic E-state index is 0.114. The van der Waals surface area contributed by atoms with Crippen molar-refractivity contribution in [2.75, 3.05) is 0 Å². The minimum atomic E-state index is -0.575. The summed E-state index contributed by atoms with van der Waals surface area (Å²) < 4.78 is 7.22. The Morgan fingerprint density at radius 1 is 0.931 bits per heavy atom. The van der Waals surface area contributed by atoms with Gasteiger partial charge in [-0.2, -0.15) is 0 Å². The first-order valence-corrected chi connectivity index (χ1v) is 9.25. The van der Waals surface area contributed by atoms with Crippen molar-refractivity contribution in [2.45, 2.75) is 13.5 Å². The molecule has 5 nitrogen and oxygen atoms in total. The number of hydrogen-bond donors (Lipinski definition) is 0. The van der Waals surface area contributed by atoms with Crippen LogP contribution >= 0.6 is 0 Å². The Kier molecular flexibility index (Phi) is 4.72. The summed E-state index contributed by atoms with van der Waals surface area (Å²) in [6, 6.07) is 19.6. The van der Waals surface area contributed by atoms with Crippen LogP contribution in [0.2, 0.25) is 0 Å². The number of carbonyl (C=O) groups excluding carboxylic acids is 2. The zero-order chi connectivity index (χ0) is 20.5. The molecule has 0 bridgehead atoms. The maximum absolute atomic E-state index is 13.1. The lowest BCUT2D eigenvalue weighted by molar-refractivity contribution is 0.0473. The monoisotopic (exact) mass is 385 g/mol. The Morgan fingerprint density at radius 2 is 1.62 bits per heavy atom. The van der Waals surface area contributed by atoms with Gasteiger partial charge in [0.1, 0.15) is 6.61 Å². The Labute approximate surface area is 167 Å². The molecule has 0 N–H and O–H groups in total. The van der Waals surface area contributed by atoms with E-state index < -0.39 is 5.97 Å². The highest BCUT2D eigenvalue weighted by molar-refractivity contribution is 6.10. The summed E-state index contributed by atoms with van der Waals surface area (Å²) in [5.41, 5.74) is 2.39. The van der Waals surface area contributed by atoms with Crippen LogP contribution in [0.15, 0.2) is 71.5 Å². The second-order valence-corrected chi connectivity index (χ2v) is 6.94. The number of hydrogen-bond acceptors (Lipinski definition) is 4. The molecule has 4 rings (SSSR count). The molecule has 0 atom stereocenters. The normalized spacial score (nSPS) is 11.0. The molecule has 0 saturated heterocycles. The van der Waals surface area contributed by atoms with Crippen LogP contribution in [0.25, 0.3) is 21.8 Å². The second kappa shape index (κ2) is 7.36. The van der Waals surface area contributed by atoms with Gasteiger partial charge in [0.05, 0.1) is 16.6 Å². The van der Waals surface area contributed by atoms with Crippen molar-refractivity contribution < 1.29 is 14.3 Å². The van der Waals surface area contributed by atoms with Gasteiger partial charge in [0.25, 0.3) is 0 Å². The van der Waals surface area contributed by atoms with Crippen molar-refractivity contribution in [2.24, 2.45) is 7.05 Å². The fourth-order valence-electron chi connectivity index (χ4n) is 3.59. The molecule has 1 heterocycles. The highest BCUT2D eigenvalue weighted by Gasteiger charge is 2.19. The van der Waals surface area contributed by atoms with E-state index in [4.69, 9.17) is 4.74 Å². The highest BCUT2D eigenvalue weighted by atomic mass is 16.5. The molecule has 0 unspecified atom stereocenters. The topological polar surface area (TPSA) is 65.4 Å². The van der Waals surface area contributed by atoms with Gasteiger partial charge in [-0.3, -0.25) is 9.59 Å². The average molecular weight is 385 g/mol. The Bertz CT molecular complexity index is 1320. The number of carbonyl (C=O) groups is 2. The van der Waals surface area contributed by atoms with Crippen LogP contribution in [0.4, 0.5) is 0 Å². The van der Waals surface area contributed by atoms with Gasteiger partial charge in [-0.1, -0.05) is 42.5 Å². The van der Waals surface area contributed by atoms with E-state index in [0.717, 1.165) is 11.1 Å². The summed E-state index contributed by atoms with van der Waals surface area (Å²) in [5.74, 6) is -0.800. The highest BCUT2D eigenvalue weighted by Crippen LogP contribution is 2.24. The lowest BCUT2D eigenvalue weighted by Crippen LogP contribution is -2.15. The van der Waals surface area contributed by atoms with E-state index in [0.29, 0.717) is 21.9 Å². The number of ketones is 1. The number of rotatable bonds is 4. The van der Waals surface area contributed by atoms with Crippen molar-refractivity contribution in [1.29, 1.82) is 0 Å². The Morgan fingerprint density at radius 3 is 2.34 bits per heavy atom. The van der Waals surface area contributed by atoms with Crippen LogP contribution in [0.3, 0.4) is 0 Å². The molecule has 0 aliphatic heterocycles. The van der Waals surface area contributed by atoms with Crippen molar-refractivity contribution in [3.63, 3.8) is 0 Å². The number of aryl methyl sites for hydroxylation is 1. The molecule has 144 valence electrons. The number of fused-ring (bicyclic) bond motifs is 2. The zero-order valence-electron chi connectivity index (χ0n) is 16.1. The summed E-state index contributed by atoms with van der Waals surface area (Å²) >= 11 is 0. The molecule has 1 aromatic heterocycles. The standard InChI is InChI=1S/C24H19NO4/c1-15(26)19-12-17(24(28)29-14-16-8-4-3-5-9-16)13-20-22(19)25(2)21-11-7-6-10-18(21)23(20)27/h3-13H,14H2,1-2H3. The van der Waals surface area contributed by atoms with E-state index in [2.05, 4.69) is 0 Å². The molecular weight excluding hydrogens is 366 g/mol. The van der Waals surface area contributed by atoms with E-state index in [1.54, 1.807) is 12.1 Å². The minimum Gasteiger partial charge on any atom is -0.457 e. The van der Waals surface area contributed by atoms with Gasteiger partial charge < -0.3 is 9.30 Å². The van der Waals surface area contributed by atoms with Crippen molar-refractivity contribution in [3.8, 4) is 0 Å². The number of Topliss-reactive ketones (excluding diaryl/α,β-unsaturated/α-hetero) is 1. The molecule has 29 heavy (non-hydrogen) atoms. The third kappa shape index (κ3) is 3.31. The summed E-state index contributed by atoms with van der Waals surface area (Å²) in [6.45, 7) is 1.54. The number of benzene rings is 3. The molecule has 4 aromatic rings. The number of nitrogens with zero attached hydrogens (tertiary/aromatic N) is 1. The molecule has 0 aliphatic carbocycles. The van der Waals surface area contributed by atoms with Crippen molar-refractivity contribution >= 4 is 33.6 Å². The maximum Gasteiger partial charge on any atom is 0.338 e. The van der Waals surface area contributed by atoms with Gasteiger partial charge in [0.15, 0.2) is 11.2 Å². The summed E-state index contributed by atoms with van der Waals surface area (Å²) in [4.78, 5) is 38.1. The van der Waals surface area contributed by atoms with Gasteiger partial charge in [0.2, 0.25) is 0 Å². The van der Waals surface area contributed by atoms with Crippen molar-refractivity contribution in [1.82, 2.24) is 4.57 Å². The first kappa shape index (κ1) is 18.6. The van der Waals surface area contributed by atoms with Gasteiger partial charge >= 0.3 is 5.97 Å².